The molecule has 1 aromatic rings. The van der Waals surface area contributed by atoms with Crippen molar-refractivity contribution in [3.05, 3.63) is 44.7 Å². The number of hydrogen-bond donors (Lipinski definition) is 1. The van der Waals surface area contributed by atoms with E-state index in [9.17, 15) is 4.79 Å². The minimum atomic E-state index is -0.104. The first kappa shape index (κ1) is 12.5. The maximum Gasteiger partial charge on any atom is 0.256 e. The Morgan fingerprint density at radius 1 is 1.44 bits per heavy atom. The van der Waals surface area contributed by atoms with Crippen LogP contribution in [0.25, 0.3) is 12.7 Å². The number of nitrogens with zero attached hydrogens (tertiary/aromatic N) is 1. The summed E-state index contributed by atoms with van der Waals surface area (Å²) < 4.78 is 0. The van der Waals surface area contributed by atoms with Gasteiger partial charge in [0.25, 0.3) is 5.56 Å². The Hall–Kier alpha value is -1.61. The van der Waals surface area contributed by atoms with Gasteiger partial charge >= 0.3 is 0 Å². The summed E-state index contributed by atoms with van der Waals surface area (Å²) in [6, 6.07) is 0. The Morgan fingerprint density at radius 2 is 2.06 bits per heavy atom. The SMILES string of the molecule is C=C/C=c1/c(=O)[nH]c(CN(C)C)c(C)c1=C. The highest BCUT2D eigenvalue weighted by Crippen LogP contribution is 1.97. The maximum atomic E-state index is 11.8. The predicted octanol–water partition coefficient (Wildman–Crippen LogP) is 0.122. The van der Waals surface area contributed by atoms with Crippen molar-refractivity contribution in [2.45, 2.75) is 13.5 Å². The molecular weight excluding hydrogens is 200 g/mol. The highest BCUT2D eigenvalue weighted by atomic mass is 16.1. The van der Waals surface area contributed by atoms with Crippen LogP contribution in [0, 0.1) is 6.92 Å². The first-order valence-electron chi connectivity index (χ1n) is 5.15. The normalized spacial score (nSPS) is 12.1. The van der Waals surface area contributed by atoms with Gasteiger partial charge in [0.05, 0.1) is 0 Å². The smallest absolute Gasteiger partial charge is 0.256 e. The lowest BCUT2D eigenvalue weighted by Crippen LogP contribution is -2.43. The highest BCUT2D eigenvalue weighted by Gasteiger charge is 2.04. The molecule has 0 spiro atoms. The molecule has 3 heteroatoms. The topological polar surface area (TPSA) is 36.1 Å². The molecule has 3 nitrogen and oxygen atoms in total. The molecular formula is C13H18N2O. The zero-order chi connectivity index (χ0) is 12.3. The molecule has 0 atom stereocenters. The number of aromatic amines is 1. The summed E-state index contributed by atoms with van der Waals surface area (Å²) in [6.07, 6.45) is 3.29. The van der Waals surface area contributed by atoms with Crippen molar-refractivity contribution in [3.8, 4) is 0 Å². The molecule has 0 bridgehead atoms. The number of H-pyrrole nitrogens is 1. The van der Waals surface area contributed by atoms with Gasteiger partial charge in [-0.2, -0.15) is 0 Å². The number of hydrogen-bond acceptors (Lipinski definition) is 2. The molecule has 0 fully saturated rings. The lowest BCUT2D eigenvalue weighted by Gasteiger charge is -2.12. The second-order valence-corrected chi connectivity index (χ2v) is 4.09. The van der Waals surface area contributed by atoms with Crippen molar-refractivity contribution in [2.75, 3.05) is 14.1 Å². The third kappa shape index (κ3) is 2.49. The van der Waals surface area contributed by atoms with Crippen LogP contribution in [-0.4, -0.2) is 24.0 Å². The standard InChI is InChI=1S/C13H18N2O/c1-6-7-11-9(2)10(3)12(8-15(4)5)14-13(11)16/h6-7H,1-2,8H2,3-5H3,(H,14,16)/b11-7+. The molecule has 1 N–H and O–H groups in total. The van der Waals surface area contributed by atoms with Gasteiger partial charge in [0.2, 0.25) is 0 Å². The van der Waals surface area contributed by atoms with Gasteiger partial charge in [0.1, 0.15) is 0 Å². The number of aromatic nitrogens is 1. The molecule has 0 amide bonds. The first-order chi connectivity index (χ1) is 7.47. The van der Waals surface area contributed by atoms with Crippen LogP contribution in [0.1, 0.15) is 11.3 Å². The number of rotatable bonds is 3. The van der Waals surface area contributed by atoms with Crippen LogP contribution in [0.4, 0.5) is 0 Å². The molecule has 0 aliphatic carbocycles. The van der Waals surface area contributed by atoms with E-state index in [1.807, 2.05) is 25.9 Å². The minimum Gasteiger partial charge on any atom is -0.324 e. The summed E-state index contributed by atoms with van der Waals surface area (Å²) in [7, 11) is 3.93. The van der Waals surface area contributed by atoms with Gasteiger partial charge in [0, 0.05) is 17.5 Å². The van der Waals surface area contributed by atoms with Gasteiger partial charge in [-0.05, 0) is 37.9 Å². The van der Waals surface area contributed by atoms with Crippen LogP contribution in [0.3, 0.4) is 0 Å². The molecule has 0 saturated heterocycles. The first-order valence-corrected chi connectivity index (χ1v) is 5.15. The van der Waals surface area contributed by atoms with Crippen LogP contribution in [0.5, 0.6) is 0 Å². The summed E-state index contributed by atoms with van der Waals surface area (Å²) in [5.41, 5.74) is 1.84. The summed E-state index contributed by atoms with van der Waals surface area (Å²) in [6.45, 7) is 10.2. The second kappa shape index (κ2) is 4.94. The molecule has 1 aromatic heterocycles. The number of allylic oxidation sites excluding steroid dienone is 1. The van der Waals surface area contributed by atoms with Gasteiger partial charge in [-0.3, -0.25) is 4.79 Å². The van der Waals surface area contributed by atoms with Crippen molar-refractivity contribution < 1.29 is 0 Å². The van der Waals surface area contributed by atoms with Crippen molar-refractivity contribution in [1.82, 2.24) is 9.88 Å². The molecule has 0 aliphatic rings. The summed E-state index contributed by atoms with van der Waals surface area (Å²) in [4.78, 5) is 16.7. The van der Waals surface area contributed by atoms with E-state index in [-0.39, 0.29) is 5.56 Å². The molecule has 0 unspecified atom stereocenters. The fourth-order valence-corrected chi connectivity index (χ4v) is 1.59. The van der Waals surface area contributed by atoms with E-state index in [1.54, 1.807) is 12.2 Å². The lowest BCUT2D eigenvalue weighted by atomic mass is 10.1. The Labute approximate surface area is 95.4 Å². The summed E-state index contributed by atoms with van der Waals surface area (Å²) in [5.74, 6) is 0. The number of pyridine rings is 1. The van der Waals surface area contributed by atoms with Crippen LogP contribution in [0.15, 0.2) is 17.4 Å². The summed E-state index contributed by atoms with van der Waals surface area (Å²) in [5, 5.41) is 1.37. The Bertz CT molecular complexity index is 553. The van der Waals surface area contributed by atoms with Crippen LogP contribution in [-0.2, 0) is 6.54 Å². The van der Waals surface area contributed by atoms with E-state index in [1.165, 1.54) is 0 Å². The quantitative estimate of drug-likeness (QED) is 0.782. The third-order valence-electron chi connectivity index (χ3n) is 2.50. The molecule has 0 aliphatic heterocycles. The average molecular weight is 218 g/mol. The van der Waals surface area contributed by atoms with Crippen molar-refractivity contribution in [1.29, 1.82) is 0 Å². The fraction of sp³-hybridized carbons (Fsp3) is 0.308. The second-order valence-electron chi connectivity index (χ2n) is 4.09. The third-order valence-corrected chi connectivity index (χ3v) is 2.50. The zero-order valence-electron chi connectivity index (χ0n) is 10.1. The van der Waals surface area contributed by atoms with Crippen LogP contribution >= 0.6 is 0 Å². The predicted molar refractivity (Wildman–Crippen MR) is 68.6 cm³/mol. The van der Waals surface area contributed by atoms with E-state index >= 15 is 0 Å². The molecule has 16 heavy (non-hydrogen) atoms. The highest BCUT2D eigenvalue weighted by molar-refractivity contribution is 5.38. The average Bonchev–Trinajstić information content (AvgIpc) is 2.20. The molecule has 86 valence electrons. The van der Waals surface area contributed by atoms with Crippen molar-refractivity contribution in [2.24, 2.45) is 0 Å². The molecule has 0 aromatic carbocycles. The Morgan fingerprint density at radius 3 is 2.56 bits per heavy atom. The Kier molecular flexibility index (Phi) is 3.85. The van der Waals surface area contributed by atoms with Gasteiger partial charge in [0.15, 0.2) is 0 Å². The molecule has 0 saturated carbocycles. The van der Waals surface area contributed by atoms with E-state index in [0.29, 0.717) is 11.8 Å². The van der Waals surface area contributed by atoms with Crippen LogP contribution in [0.2, 0.25) is 0 Å². The lowest BCUT2D eigenvalue weighted by molar-refractivity contribution is 0.395. The van der Waals surface area contributed by atoms with E-state index in [4.69, 9.17) is 0 Å². The molecule has 1 heterocycles. The monoisotopic (exact) mass is 218 g/mol. The fourth-order valence-electron chi connectivity index (χ4n) is 1.59. The van der Waals surface area contributed by atoms with Gasteiger partial charge in [-0.25, -0.2) is 0 Å². The molecule has 0 radical (unpaired) electrons. The van der Waals surface area contributed by atoms with E-state index in [0.717, 1.165) is 16.5 Å². The zero-order valence-corrected chi connectivity index (χ0v) is 10.1. The van der Waals surface area contributed by atoms with Crippen LogP contribution < -0.4 is 16.0 Å². The Balaban J connectivity index is 3.52. The van der Waals surface area contributed by atoms with Gasteiger partial charge in [-0.15, -0.1) is 0 Å². The van der Waals surface area contributed by atoms with Gasteiger partial charge in [-0.1, -0.05) is 19.2 Å². The number of nitrogens with one attached hydrogen (secondary N) is 1. The van der Waals surface area contributed by atoms with Gasteiger partial charge < -0.3 is 9.88 Å². The largest absolute Gasteiger partial charge is 0.324 e. The van der Waals surface area contributed by atoms with E-state index < -0.39 is 0 Å². The van der Waals surface area contributed by atoms with Crippen molar-refractivity contribution >= 4 is 12.7 Å². The summed E-state index contributed by atoms with van der Waals surface area (Å²) >= 11 is 0. The van der Waals surface area contributed by atoms with Crippen molar-refractivity contribution in [3.63, 3.8) is 0 Å². The van der Waals surface area contributed by atoms with E-state index in [2.05, 4.69) is 18.1 Å². The maximum absolute atomic E-state index is 11.8. The molecule has 1 rings (SSSR count). The minimum absolute atomic E-state index is 0.104.